The van der Waals surface area contributed by atoms with E-state index in [1.54, 1.807) is 23.3 Å². The van der Waals surface area contributed by atoms with Crippen LogP contribution in [0.4, 0.5) is 0 Å². The number of carbonyl (C=O) groups excluding carboxylic acids is 1. The van der Waals surface area contributed by atoms with Crippen molar-refractivity contribution >= 4 is 28.9 Å². The minimum Gasteiger partial charge on any atom is -0.465 e. The van der Waals surface area contributed by atoms with E-state index in [1.165, 1.54) is 31.0 Å². The van der Waals surface area contributed by atoms with Crippen LogP contribution in [0.2, 0.25) is 0 Å². The van der Waals surface area contributed by atoms with Crippen molar-refractivity contribution in [3.05, 3.63) is 29.9 Å². The highest BCUT2D eigenvalue weighted by molar-refractivity contribution is 8.13. The van der Waals surface area contributed by atoms with Gasteiger partial charge in [0, 0.05) is 6.08 Å². The molecule has 0 N–H and O–H groups in total. The molecule has 1 saturated heterocycles. The topological polar surface area (TPSA) is 49.1 Å². The number of hydrogen-bond donors (Lipinski definition) is 0. The van der Waals surface area contributed by atoms with Crippen LogP contribution in [0, 0.1) is 0 Å². The lowest BCUT2D eigenvalue weighted by Gasteiger charge is -2.30. The Morgan fingerprint density at radius 3 is 2.86 bits per heavy atom. The van der Waals surface area contributed by atoms with Gasteiger partial charge in [-0.05, 0) is 44.3 Å². The highest BCUT2D eigenvalue weighted by Crippen LogP contribution is 2.23. The maximum absolute atomic E-state index is 12.5. The minimum atomic E-state index is -0.0404. The fourth-order valence-electron chi connectivity index (χ4n) is 2.62. The molecule has 0 saturated carbocycles. The molecule has 1 fully saturated rings. The van der Waals surface area contributed by atoms with Crippen molar-refractivity contribution in [3.63, 3.8) is 0 Å². The monoisotopic (exact) mass is 305 g/mol. The fourth-order valence-corrected chi connectivity index (χ4v) is 3.17. The average Bonchev–Trinajstić information content (AvgIpc) is 3.12. The van der Waals surface area contributed by atoms with E-state index in [0.717, 1.165) is 18.3 Å². The van der Waals surface area contributed by atoms with Gasteiger partial charge in [0.2, 0.25) is 0 Å². The predicted octanol–water partition coefficient (Wildman–Crippen LogP) is 2.63. The third-order valence-electron chi connectivity index (χ3n) is 3.71. The SMILES string of the molecule is CSC1=N/C(=C\c2ccco2)C(=O)N1CN1CCCCC1. The number of aliphatic imine (C=N–C) groups is 1. The van der Waals surface area contributed by atoms with Crippen molar-refractivity contribution in [1.29, 1.82) is 0 Å². The molecule has 5 nitrogen and oxygen atoms in total. The lowest BCUT2D eigenvalue weighted by Crippen LogP contribution is -2.43. The standard InChI is InChI=1S/C15H19N3O2S/c1-21-15-16-13(10-12-6-5-9-20-12)14(19)18(15)11-17-7-3-2-4-8-17/h5-6,9-10H,2-4,7-8,11H2,1H3/b13-10-. The van der Waals surface area contributed by atoms with Crippen LogP contribution in [0.15, 0.2) is 33.5 Å². The van der Waals surface area contributed by atoms with Crippen molar-refractivity contribution in [2.75, 3.05) is 26.0 Å². The predicted molar refractivity (Wildman–Crippen MR) is 84.8 cm³/mol. The molecule has 1 aromatic rings. The lowest BCUT2D eigenvalue weighted by atomic mass is 10.1. The van der Waals surface area contributed by atoms with Gasteiger partial charge in [0.1, 0.15) is 11.5 Å². The maximum Gasteiger partial charge on any atom is 0.279 e. The van der Waals surface area contributed by atoms with Gasteiger partial charge >= 0.3 is 0 Å². The number of nitrogens with zero attached hydrogens (tertiary/aromatic N) is 3. The molecule has 0 radical (unpaired) electrons. The summed E-state index contributed by atoms with van der Waals surface area (Å²) >= 11 is 1.51. The Hall–Kier alpha value is -1.53. The van der Waals surface area contributed by atoms with Crippen LogP contribution in [0.1, 0.15) is 25.0 Å². The average molecular weight is 305 g/mol. The Bertz CT molecular complexity index is 559. The molecule has 0 unspecified atom stereocenters. The normalized spacial score (nSPS) is 22.1. The molecule has 0 spiro atoms. The van der Waals surface area contributed by atoms with Gasteiger partial charge in [-0.3, -0.25) is 14.6 Å². The number of amides is 1. The number of piperidine rings is 1. The Morgan fingerprint density at radius 2 is 2.19 bits per heavy atom. The van der Waals surface area contributed by atoms with Crippen LogP contribution in [0.25, 0.3) is 6.08 Å². The van der Waals surface area contributed by atoms with Crippen LogP contribution in [-0.4, -0.2) is 46.9 Å². The molecule has 3 heterocycles. The second kappa shape index (κ2) is 6.49. The third-order valence-corrected chi connectivity index (χ3v) is 4.38. The Balaban J connectivity index is 1.75. The van der Waals surface area contributed by atoms with E-state index in [1.807, 2.05) is 12.3 Å². The van der Waals surface area contributed by atoms with Crippen LogP contribution in [0.5, 0.6) is 0 Å². The zero-order valence-electron chi connectivity index (χ0n) is 12.1. The maximum atomic E-state index is 12.5. The lowest BCUT2D eigenvalue weighted by molar-refractivity contribution is -0.124. The van der Waals surface area contributed by atoms with E-state index < -0.39 is 0 Å². The first kappa shape index (κ1) is 14.4. The molecule has 112 valence electrons. The fraction of sp³-hybridized carbons (Fsp3) is 0.467. The molecular formula is C15H19N3O2S. The van der Waals surface area contributed by atoms with E-state index in [9.17, 15) is 4.79 Å². The van der Waals surface area contributed by atoms with Gasteiger partial charge in [-0.2, -0.15) is 0 Å². The van der Waals surface area contributed by atoms with Gasteiger partial charge in [0.05, 0.1) is 12.9 Å². The summed E-state index contributed by atoms with van der Waals surface area (Å²) < 4.78 is 5.26. The summed E-state index contributed by atoms with van der Waals surface area (Å²) in [5, 5.41) is 0.767. The number of amidine groups is 1. The van der Waals surface area contributed by atoms with Crippen LogP contribution in [-0.2, 0) is 4.79 Å². The molecule has 2 aliphatic rings. The molecule has 0 aliphatic carbocycles. The second-order valence-corrected chi connectivity index (χ2v) is 5.97. The van der Waals surface area contributed by atoms with E-state index >= 15 is 0 Å². The van der Waals surface area contributed by atoms with Crippen molar-refractivity contribution in [2.45, 2.75) is 19.3 Å². The molecule has 1 aromatic heterocycles. The zero-order chi connectivity index (χ0) is 14.7. The third kappa shape index (κ3) is 3.22. The molecule has 0 atom stereocenters. The molecule has 21 heavy (non-hydrogen) atoms. The number of hydrogen-bond acceptors (Lipinski definition) is 5. The van der Waals surface area contributed by atoms with Crippen LogP contribution >= 0.6 is 11.8 Å². The summed E-state index contributed by atoms with van der Waals surface area (Å²) in [6.45, 7) is 2.75. The second-order valence-electron chi connectivity index (χ2n) is 5.20. The van der Waals surface area contributed by atoms with Gasteiger partial charge in [-0.1, -0.05) is 18.2 Å². The molecule has 1 amide bonds. The Morgan fingerprint density at radius 1 is 1.38 bits per heavy atom. The number of likely N-dealkylation sites (tertiary alicyclic amines) is 1. The van der Waals surface area contributed by atoms with Crippen molar-refractivity contribution in [1.82, 2.24) is 9.80 Å². The molecule has 0 bridgehead atoms. The minimum absolute atomic E-state index is 0.0404. The van der Waals surface area contributed by atoms with Crippen molar-refractivity contribution in [2.24, 2.45) is 4.99 Å². The number of thioether (sulfide) groups is 1. The van der Waals surface area contributed by atoms with E-state index in [4.69, 9.17) is 4.42 Å². The number of rotatable bonds is 3. The molecule has 6 heteroatoms. The quantitative estimate of drug-likeness (QED) is 0.806. The summed E-state index contributed by atoms with van der Waals surface area (Å²) in [7, 11) is 0. The summed E-state index contributed by atoms with van der Waals surface area (Å²) in [5.74, 6) is 0.615. The largest absolute Gasteiger partial charge is 0.465 e. The van der Waals surface area contributed by atoms with Gasteiger partial charge in [0.25, 0.3) is 5.91 Å². The zero-order valence-corrected chi connectivity index (χ0v) is 12.9. The van der Waals surface area contributed by atoms with Crippen molar-refractivity contribution in [3.8, 4) is 0 Å². The highest BCUT2D eigenvalue weighted by Gasteiger charge is 2.31. The molecule has 0 aromatic carbocycles. The van der Waals surface area contributed by atoms with Crippen LogP contribution in [0.3, 0.4) is 0 Å². The van der Waals surface area contributed by atoms with Crippen LogP contribution < -0.4 is 0 Å². The number of carbonyl (C=O) groups is 1. The Kier molecular flexibility index (Phi) is 4.45. The van der Waals surface area contributed by atoms with E-state index in [2.05, 4.69) is 9.89 Å². The summed E-state index contributed by atoms with van der Waals surface area (Å²) in [5.41, 5.74) is 0.450. The van der Waals surface area contributed by atoms with E-state index in [0.29, 0.717) is 18.1 Å². The summed E-state index contributed by atoms with van der Waals surface area (Å²) in [6.07, 6.45) is 8.96. The first-order valence-electron chi connectivity index (χ1n) is 7.20. The van der Waals surface area contributed by atoms with Crippen molar-refractivity contribution < 1.29 is 9.21 Å². The molecular weight excluding hydrogens is 286 g/mol. The van der Waals surface area contributed by atoms with Gasteiger partial charge < -0.3 is 4.42 Å². The summed E-state index contributed by atoms with van der Waals surface area (Å²) in [6, 6.07) is 3.62. The first-order chi connectivity index (χ1) is 10.3. The van der Waals surface area contributed by atoms with Gasteiger partial charge in [-0.15, -0.1) is 0 Å². The highest BCUT2D eigenvalue weighted by atomic mass is 32.2. The molecule has 3 rings (SSSR count). The summed E-state index contributed by atoms with van der Waals surface area (Å²) in [4.78, 5) is 21.1. The van der Waals surface area contributed by atoms with E-state index in [-0.39, 0.29) is 5.91 Å². The molecule has 2 aliphatic heterocycles. The Labute approximate surface area is 128 Å². The van der Waals surface area contributed by atoms with Gasteiger partial charge in [0.15, 0.2) is 5.17 Å². The van der Waals surface area contributed by atoms with Gasteiger partial charge in [-0.25, -0.2) is 4.99 Å². The smallest absolute Gasteiger partial charge is 0.279 e. The number of furan rings is 1. The first-order valence-corrected chi connectivity index (χ1v) is 8.42.